The topological polar surface area (TPSA) is 76.7 Å². The Bertz CT molecular complexity index is 710. The zero-order chi connectivity index (χ0) is 17.4. The molecule has 2 N–H and O–H groups in total. The molecule has 2 rings (SSSR count). The van der Waals surface area contributed by atoms with E-state index in [1.807, 2.05) is 6.07 Å². The second-order valence-corrected chi connectivity index (χ2v) is 6.33. The van der Waals surface area contributed by atoms with Gasteiger partial charge in [0.05, 0.1) is 4.47 Å². The highest BCUT2D eigenvalue weighted by molar-refractivity contribution is 9.11. The monoisotopic (exact) mass is 456 g/mol. The molecule has 2 amide bonds. The van der Waals surface area contributed by atoms with E-state index in [-0.39, 0.29) is 13.2 Å². The Balaban J connectivity index is 1.68. The molecule has 0 fully saturated rings. The lowest BCUT2D eigenvalue weighted by molar-refractivity contribution is -0.131. The van der Waals surface area contributed by atoms with E-state index in [4.69, 9.17) is 9.47 Å². The maximum absolute atomic E-state index is 11.7. The van der Waals surface area contributed by atoms with Gasteiger partial charge in [0.1, 0.15) is 11.5 Å². The molecular weight excluding hydrogens is 444 g/mol. The van der Waals surface area contributed by atoms with Crippen LogP contribution in [0.2, 0.25) is 0 Å². The van der Waals surface area contributed by atoms with Crippen molar-refractivity contribution in [2.45, 2.75) is 0 Å². The number of ether oxygens (including phenoxy) is 2. The summed E-state index contributed by atoms with van der Waals surface area (Å²) < 4.78 is 12.2. The van der Waals surface area contributed by atoms with Crippen LogP contribution in [0, 0.1) is 0 Å². The van der Waals surface area contributed by atoms with E-state index in [1.165, 1.54) is 0 Å². The first-order valence-corrected chi connectivity index (χ1v) is 8.46. The summed E-state index contributed by atoms with van der Waals surface area (Å²) in [6.07, 6.45) is 0. The van der Waals surface area contributed by atoms with Gasteiger partial charge in [0.25, 0.3) is 11.8 Å². The summed E-state index contributed by atoms with van der Waals surface area (Å²) in [6, 6.07) is 14.2. The van der Waals surface area contributed by atoms with Crippen LogP contribution in [0.1, 0.15) is 0 Å². The molecule has 0 heterocycles. The summed E-state index contributed by atoms with van der Waals surface area (Å²) in [4.78, 5) is 23.2. The lowest BCUT2D eigenvalue weighted by Crippen LogP contribution is -2.45. The minimum absolute atomic E-state index is 0.205. The lowest BCUT2D eigenvalue weighted by atomic mass is 10.3. The lowest BCUT2D eigenvalue weighted by Gasteiger charge is -2.10. The van der Waals surface area contributed by atoms with Crippen LogP contribution in [0.3, 0.4) is 0 Å². The number of amides is 2. The van der Waals surface area contributed by atoms with Crippen molar-refractivity contribution in [3.8, 4) is 11.5 Å². The van der Waals surface area contributed by atoms with E-state index >= 15 is 0 Å². The SMILES string of the molecule is O=C(COc1ccccc1)NNC(=O)COc1ccc(Br)cc1Br. The van der Waals surface area contributed by atoms with E-state index in [9.17, 15) is 9.59 Å². The number of carbonyl (C=O) groups excluding carboxylic acids is 2. The van der Waals surface area contributed by atoms with Crippen molar-refractivity contribution in [1.82, 2.24) is 10.9 Å². The zero-order valence-electron chi connectivity index (χ0n) is 12.4. The van der Waals surface area contributed by atoms with Gasteiger partial charge in [-0.1, -0.05) is 34.1 Å². The predicted octanol–water partition coefficient (Wildman–Crippen LogP) is 2.82. The standard InChI is InChI=1S/C16H14Br2N2O4/c17-11-6-7-14(13(18)8-11)24-10-16(22)20-19-15(21)9-23-12-4-2-1-3-5-12/h1-8H,9-10H2,(H,19,21)(H,20,22). The van der Waals surface area contributed by atoms with Crippen LogP contribution >= 0.6 is 31.9 Å². The van der Waals surface area contributed by atoms with E-state index in [1.54, 1.807) is 42.5 Å². The van der Waals surface area contributed by atoms with Gasteiger partial charge < -0.3 is 9.47 Å². The van der Waals surface area contributed by atoms with Crippen LogP contribution in [-0.4, -0.2) is 25.0 Å². The normalized spacial score (nSPS) is 9.92. The highest BCUT2D eigenvalue weighted by Crippen LogP contribution is 2.27. The Morgan fingerprint density at radius 3 is 2.12 bits per heavy atom. The van der Waals surface area contributed by atoms with E-state index in [2.05, 4.69) is 42.7 Å². The first-order chi connectivity index (χ1) is 11.5. The van der Waals surface area contributed by atoms with E-state index in [0.717, 1.165) is 4.47 Å². The van der Waals surface area contributed by atoms with Crippen LogP contribution < -0.4 is 20.3 Å². The molecular formula is C16H14Br2N2O4. The number of halogens is 2. The molecule has 0 radical (unpaired) electrons. The third kappa shape index (κ3) is 6.21. The molecule has 24 heavy (non-hydrogen) atoms. The van der Waals surface area contributed by atoms with Crippen LogP contribution in [0.5, 0.6) is 11.5 Å². The van der Waals surface area contributed by atoms with Crippen LogP contribution in [0.25, 0.3) is 0 Å². The van der Waals surface area contributed by atoms with Gasteiger partial charge in [0, 0.05) is 4.47 Å². The largest absolute Gasteiger partial charge is 0.484 e. The fraction of sp³-hybridized carbons (Fsp3) is 0.125. The van der Waals surface area contributed by atoms with E-state index in [0.29, 0.717) is 16.0 Å². The van der Waals surface area contributed by atoms with Crippen molar-refractivity contribution < 1.29 is 19.1 Å². The summed E-state index contributed by atoms with van der Waals surface area (Å²) in [5.74, 6) is 0.129. The molecule has 0 spiro atoms. The quantitative estimate of drug-likeness (QED) is 0.654. The Labute approximate surface area is 155 Å². The molecule has 0 unspecified atom stereocenters. The molecule has 0 aromatic heterocycles. The second kappa shape index (κ2) is 9.29. The van der Waals surface area contributed by atoms with Gasteiger partial charge in [0.2, 0.25) is 0 Å². The fourth-order valence-corrected chi connectivity index (χ4v) is 2.77. The molecule has 0 atom stereocenters. The zero-order valence-corrected chi connectivity index (χ0v) is 15.6. The number of benzene rings is 2. The maximum Gasteiger partial charge on any atom is 0.276 e. The van der Waals surface area contributed by atoms with Crippen molar-refractivity contribution in [2.24, 2.45) is 0 Å². The van der Waals surface area contributed by atoms with Gasteiger partial charge in [-0.05, 0) is 46.3 Å². The predicted molar refractivity (Wildman–Crippen MR) is 95.6 cm³/mol. The summed E-state index contributed by atoms with van der Waals surface area (Å²) in [5.41, 5.74) is 4.50. The highest BCUT2D eigenvalue weighted by atomic mass is 79.9. The summed E-state index contributed by atoms with van der Waals surface area (Å²) in [6.45, 7) is -0.441. The van der Waals surface area contributed by atoms with Crippen molar-refractivity contribution in [1.29, 1.82) is 0 Å². The first kappa shape index (κ1) is 18.3. The first-order valence-electron chi connectivity index (χ1n) is 6.88. The molecule has 126 valence electrons. The number of hydrogen-bond donors (Lipinski definition) is 2. The van der Waals surface area contributed by atoms with Crippen molar-refractivity contribution in [3.05, 3.63) is 57.5 Å². The number of para-hydroxylation sites is 1. The molecule has 0 bridgehead atoms. The smallest absolute Gasteiger partial charge is 0.276 e. The van der Waals surface area contributed by atoms with Gasteiger partial charge in [-0.2, -0.15) is 0 Å². The third-order valence-electron chi connectivity index (χ3n) is 2.71. The number of rotatable bonds is 6. The van der Waals surface area contributed by atoms with Gasteiger partial charge in [-0.15, -0.1) is 0 Å². The maximum atomic E-state index is 11.7. The average Bonchev–Trinajstić information content (AvgIpc) is 2.58. The molecule has 0 saturated carbocycles. The number of hydrogen-bond acceptors (Lipinski definition) is 4. The van der Waals surface area contributed by atoms with Crippen molar-refractivity contribution in [2.75, 3.05) is 13.2 Å². The fourth-order valence-electron chi connectivity index (χ4n) is 1.61. The minimum Gasteiger partial charge on any atom is -0.484 e. The van der Waals surface area contributed by atoms with Gasteiger partial charge in [0.15, 0.2) is 13.2 Å². The molecule has 6 nitrogen and oxygen atoms in total. The highest BCUT2D eigenvalue weighted by Gasteiger charge is 2.08. The molecule has 0 aliphatic rings. The minimum atomic E-state index is -0.488. The van der Waals surface area contributed by atoms with E-state index < -0.39 is 11.8 Å². The van der Waals surface area contributed by atoms with Gasteiger partial charge in [-0.3, -0.25) is 20.4 Å². The second-order valence-electron chi connectivity index (χ2n) is 4.56. The van der Waals surface area contributed by atoms with Crippen LogP contribution in [0.15, 0.2) is 57.5 Å². The Morgan fingerprint density at radius 1 is 0.875 bits per heavy atom. The average molecular weight is 458 g/mol. The van der Waals surface area contributed by atoms with Gasteiger partial charge in [-0.25, -0.2) is 0 Å². The van der Waals surface area contributed by atoms with Crippen molar-refractivity contribution >= 4 is 43.7 Å². The summed E-state index contributed by atoms with van der Waals surface area (Å²) in [7, 11) is 0. The third-order valence-corrected chi connectivity index (χ3v) is 3.82. The molecule has 2 aromatic carbocycles. The molecule has 2 aromatic rings. The van der Waals surface area contributed by atoms with Crippen LogP contribution in [-0.2, 0) is 9.59 Å². The Hall–Kier alpha value is -2.06. The number of hydrazine groups is 1. The molecule has 8 heteroatoms. The van der Waals surface area contributed by atoms with Crippen molar-refractivity contribution in [3.63, 3.8) is 0 Å². The molecule has 0 saturated heterocycles. The summed E-state index contributed by atoms with van der Waals surface area (Å²) in [5, 5.41) is 0. The molecule has 0 aliphatic heterocycles. The Kier molecular flexibility index (Phi) is 7.07. The number of carbonyl (C=O) groups is 2. The Morgan fingerprint density at radius 2 is 1.50 bits per heavy atom. The van der Waals surface area contributed by atoms with Gasteiger partial charge >= 0.3 is 0 Å². The molecule has 0 aliphatic carbocycles. The number of nitrogens with one attached hydrogen (secondary N) is 2. The van der Waals surface area contributed by atoms with Crippen LogP contribution in [0.4, 0.5) is 0 Å². The summed E-state index contributed by atoms with van der Waals surface area (Å²) >= 11 is 6.65.